The first kappa shape index (κ1) is 12.1. The molecule has 3 heteroatoms. The molecule has 1 heterocycles. The number of amides is 1. The quantitative estimate of drug-likeness (QED) is 0.849. The van der Waals surface area contributed by atoms with Crippen LogP contribution in [-0.2, 0) is 0 Å². The van der Waals surface area contributed by atoms with Gasteiger partial charge in [-0.15, -0.1) is 0 Å². The number of likely N-dealkylation sites (N-methyl/N-ethyl adjacent to an activating group) is 1. The lowest BCUT2D eigenvalue weighted by Crippen LogP contribution is -2.55. The number of rotatable bonds is 2. The Labute approximate surface area is 102 Å². The van der Waals surface area contributed by atoms with Gasteiger partial charge in [0.15, 0.2) is 0 Å². The largest absolute Gasteiger partial charge is 0.396 e. The van der Waals surface area contributed by atoms with E-state index in [0.29, 0.717) is 6.54 Å². The van der Waals surface area contributed by atoms with Crippen LogP contribution in [0, 0.1) is 0 Å². The van der Waals surface area contributed by atoms with Crippen LogP contribution in [-0.4, -0.2) is 34.6 Å². The molecule has 3 nitrogen and oxygen atoms in total. The number of aliphatic hydroxyl groups is 1. The van der Waals surface area contributed by atoms with Gasteiger partial charge in [-0.25, -0.2) is 0 Å². The Bertz CT molecular complexity index is 440. The molecule has 1 N–H and O–H groups in total. The molecule has 1 aliphatic rings. The minimum absolute atomic E-state index is 0.0173. The van der Waals surface area contributed by atoms with E-state index in [-0.39, 0.29) is 24.0 Å². The Morgan fingerprint density at radius 3 is 2.59 bits per heavy atom. The predicted octanol–water partition coefficient (Wildman–Crippen LogP) is 2.02. The van der Waals surface area contributed by atoms with E-state index < -0.39 is 0 Å². The average Bonchev–Trinajstić information content (AvgIpc) is 2.29. The summed E-state index contributed by atoms with van der Waals surface area (Å²) < 4.78 is 0. The molecule has 1 atom stereocenters. The molecule has 0 bridgehead atoms. The monoisotopic (exact) mass is 233 g/mol. The van der Waals surface area contributed by atoms with Crippen molar-refractivity contribution in [1.29, 1.82) is 0 Å². The zero-order valence-corrected chi connectivity index (χ0v) is 10.6. The molecule has 1 amide bonds. The molecule has 0 saturated carbocycles. The minimum Gasteiger partial charge on any atom is -0.396 e. The van der Waals surface area contributed by atoms with E-state index in [9.17, 15) is 9.90 Å². The first-order valence-corrected chi connectivity index (χ1v) is 6.05. The molecular weight excluding hydrogens is 214 g/mol. The van der Waals surface area contributed by atoms with E-state index in [0.717, 1.165) is 11.1 Å². The van der Waals surface area contributed by atoms with Crippen molar-refractivity contribution >= 4 is 5.91 Å². The molecule has 17 heavy (non-hydrogen) atoms. The first-order valence-electron chi connectivity index (χ1n) is 6.05. The summed E-state index contributed by atoms with van der Waals surface area (Å²) >= 11 is 0. The van der Waals surface area contributed by atoms with Crippen molar-refractivity contribution in [2.75, 3.05) is 13.2 Å². The summed E-state index contributed by atoms with van der Waals surface area (Å²) in [6.45, 7) is 6.74. The van der Waals surface area contributed by atoms with Crippen molar-refractivity contribution in [3.05, 3.63) is 35.4 Å². The molecule has 1 aromatic rings. The second-order valence-electron chi connectivity index (χ2n) is 5.03. The molecule has 1 aliphatic heterocycles. The number of carbonyl (C=O) groups excluding carboxylic acids is 1. The fourth-order valence-electron chi connectivity index (χ4n) is 2.84. The van der Waals surface area contributed by atoms with Gasteiger partial charge < -0.3 is 10.0 Å². The summed E-state index contributed by atoms with van der Waals surface area (Å²) in [5, 5.41) is 9.64. The number of benzene rings is 1. The van der Waals surface area contributed by atoms with E-state index in [1.54, 1.807) is 0 Å². The summed E-state index contributed by atoms with van der Waals surface area (Å²) in [5.41, 5.74) is 1.36. The number of hydrogen-bond donors (Lipinski definition) is 1. The molecule has 0 radical (unpaired) electrons. The molecule has 1 aromatic carbocycles. The van der Waals surface area contributed by atoms with E-state index in [2.05, 4.69) is 0 Å². The predicted molar refractivity (Wildman–Crippen MR) is 67.1 cm³/mol. The molecule has 1 unspecified atom stereocenters. The molecule has 0 fully saturated rings. The van der Waals surface area contributed by atoms with Crippen molar-refractivity contribution in [1.82, 2.24) is 4.90 Å². The van der Waals surface area contributed by atoms with Gasteiger partial charge in [-0.1, -0.05) is 18.2 Å². The summed E-state index contributed by atoms with van der Waals surface area (Å²) in [7, 11) is 0. The lowest BCUT2D eigenvalue weighted by atomic mass is 9.75. The highest BCUT2D eigenvalue weighted by atomic mass is 16.3. The van der Waals surface area contributed by atoms with Crippen LogP contribution in [0.2, 0.25) is 0 Å². The molecular formula is C14H19NO2. The maximum Gasteiger partial charge on any atom is 0.254 e. The molecule has 0 saturated heterocycles. The Hall–Kier alpha value is -1.35. The average molecular weight is 233 g/mol. The fraction of sp³-hybridized carbons (Fsp3) is 0.500. The van der Waals surface area contributed by atoms with Gasteiger partial charge in [-0.2, -0.15) is 0 Å². The Morgan fingerprint density at radius 1 is 1.35 bits per heavy atom. The van der Waals surface area contributed by atoms with E-state index >= 15 is 0 Å². The third-order valence-corrected chi connectivity index (χ3v) is 3.86. The number of fused-ring (bicyclic) bond motifs is 1. The second-order valence-corrected chi connectivity index (χ2v) is 5.03. The zero-order valence-electron chi connectivity index (χ0n) is 10.6. The SMILES string of the molecule is CCN1C(=O)c2ccccc2C(CO)C1(C)C. The van der Waals surface area contributed by atoms with Crippen LogP contribution >= 0.6 is 0 Å². The van der Waals surface area contributed by atoms with Crippen molar-refractivity contribution in [2.24, 2.45) is 0 Å². The van der Waals surface area contributed by atoms with Gasteiger partial charge in [0.1, 0.15) is 0 Å². The third-order valence-electron chi connectivity index (χ3n) is 3.86. The molecule has 0 aromatic heterocycles. The maximum absolute atomic E-state index is 12.4. The van der Waals surface area contributed by atoms with Crippen LogP contribution in [0.25, 0.3) is 0 Å². The second kappa shape index (κ2) is 4.15. The van der Waals surface area contributed by atoms with Crippen LogP contribution in [0.5, 0.6) is 0 Å². The van der Waals surface area contributed by atoms with E-state index in [1.165, 1.54) is 0 Å². The van der Waals surface area contributed by atoms with Crippen molar-refractivity contribution in [3.8, 4) is 0 Å². The minimum atomic E-state index is -0.338. The Morgan fingerprint density at radius 2 is 2.00 bits per heavy atom. The van der Waals surface area contributed by atoms with Gasteiger partial charge in [0, 0.05) is 23.6 Å². The normalized spacial score (nSPS) is 22.5. The fourth-order valence-corrected chi connectivity index (χ4v) is 2.84. The zero-order chi connectivity index (χ0) is 12.6. The van der Waals surface area contributed by atoms with Crippen LogP contribution < -0.4 is 0 Å². The third kappa shape index (κ3) is 1.65. The standard InChI is InChI=1S/C14H19NO2/c1-4-15-13(17)11-8-6-5-7-10(11)12(9-16)14(15,2)3/h5-8,12,16H,4,9H2,1-3H3. The highest BCUT2D eigenvalue weighted by Crippen LogP contribution is 2.39. The van der Waals surface area contributed by atoms with Gasteiger partial charge in [-0.05, 0) is 32.4 Å². The van der Waals surface area contributed by atoms with E-state index in [4.69, 9.17) is 0 Å². The Kier molecular flexibility index (Phi) is 2.96. The van der Waals surface area contributed by atoms with Gasteiger partial charge in [0.2, 0.25) is 0 Å². The van der Waals surface area contributed by atoms with Crippen molar-refractivity contribution in [2.45, 2.75) is 32.2 Å². The Balaban J connectivity index is 2.61. The molecule has 0 spiro atoms. The topological polar surface area (TPSA) is 40.5 Å². The van der Waals surface area contributed by atoms with Gasteiger partial charge in [-0.3, -0.25) is 4.79 Å². The lowest BCUT2D eigenvalue weighted by molar-refractivity contribution is 0.0367. The van der Waals surface area contributed by atoms with Crippen molar-refractivity contribution < 1.29 is 9.90 Å². The summed E-state index contributed by atoms with van der Waals surface area (Å²) in [4.78, 5) is 14.2. The van der Waals surface area contributed by atoms with Crippen molar-refractivity contribution in [3.63, 3.8) is 0 Å². The highest BCUT2D eigenvalue weighted by molar-refractivity contribution is 5.97. The molecule has 0 aliphatic carbocycles. The first-order chi connectivity index (χ1) is 8.04. The number of hydrogen-bond acceptors (Lipinski definition) is 2. The van der Waals surface area contributed by atoms with Crippen LogP contribution in [0.1, 0.15) is 42.6 Å². The molecule has 2 rings (SSSR count). The van der Waals surface area contributed by atoms with Crippen LogP contribution in [0.3, 0.4) is 0 Å². The van der Waals surface area contributed by atoms with Gasteiger partial charge in [0.25, 0.3) is 5.91 Å². The maximum atomic E-state index is 12.4. The molecule has 92 valence electrons. The number of carbonyl (C=O) groups is 1. The number of aliphatic hydroxyl groups excluding tert-OH is 1. The van der Waals surface area contributed by atoms with Gasteiger partial charge >= 0.3 is 0 Å². The highest BCUT2D eigenvalue weighted by Gasteiger charge is 2.44. The summed E-state index contributed by atoms with van der Waals surface area (Å²) in [5.74, 6) is 0.0501. The lowest BCUT2D eigenvalue weighted by Gasteiger charge is -2.47. The summed E-state index contributed by atoms with van der Waals surface area (Å²) in [6, 6.07) is 7.59. The summed E-state index contributed by atoms with van der Waals surface area (Å²) in [6.07, 6.45) is 0. The smallest absolute Gasteiger partial charge is 0.254 e. The van der Waals surface area contributed by atoms with Gasteiger partial charge in [0.05, 0.1) is 6.61 Å². The van der Waals surface area contributed by atoms with Crippen LogP contribution in [0.15, 0.2) is 24.3 Å². The van der Waals surface area contributed by atoms with E-state index in [1.807, 2.05) is 49.9 Å². The van der Waals surface area contributed by atoms with Crippen LogP contribution in [0.4, 0.5) is 0 Å². The number of nitrogens with zero attached hydrogens (tertiary/aromatic N) is 1.